The SMILES string of the molecule is CC(C)NC(=O)SSS. The minimum Gasteiger partial charge on any atom is -0.344 e. The Bertz CT molecular complexity index is 95.8. The number of nitrogens with one attached hydrogen (secondary N) is 1. The summed E-state index contributed by atoms with van der Waals surface area (Å²) in [6.45, 7) is 3.84. The first kappa shape index (κ1) is 9.52. The molecule has 0 bridgehead atoms. The third-order valence-corrected chi connectivity index (χ3v) is 2.21. The molecule has 0 fully saturated rings. The van der Waals surface area contributed by atoms with Gasteiger partial charge in [-0.15, -0.1) is 0 Å². The third kappa shape index (κ3) is 6.40. The molecule has 0 aliphatic carbocycles. The Morgan fingerprint density at radius 2 is 2.22 bits per heavy atom. The van der Waals surface area contributed by atoms with Gasteiger partial charge in [0.25, 0.3) is 5.24 Å². The van der Waals surface area contributed by atoms with Gasteiger partial charge in [0.15, 0.2) is 0 Å². The van der Waals surface area contributed by atoms with Gasteiger partial charge in [0.05, 0.1) is 0 Å². The molecule has 0 aromatic carbocycles. The summed E-state index contributed by atoms with van der Waals surface area (Å²) < 4.78 is 0. The second kappa shape index (κ2) is 5.32. The van der Waals surface area contributed by atoms with E-state index in [-0.39, 0.29) is 11.3 Å². The molecular weight excluding hydrogens is 174 g/mol. The van der Waals surface area contributed by atoms with E-state index in [0.717, 1.165) is 20.6 Å². The van der Waals surface area contributed by atoms with Gasteiger partial charge >= 0.3 is 0 Å². The van der Waals surface area contributed by atoms with Crippen LogP contribution in [0.2, 0.25) is 0 Å². The molecule has 0 aliphatic rings. The van der Waals surface area contributed by atoms with E-state index in [2.05, 4.69) is 17.0 Å². The highest BCUT2D eigenvalue weighted by atomic mass is 33.5. The van der Waals surface area contributed by atoms with Crippen molar-refractivity contribution >= 4 is 37.5 Å². The van der Waals surface area contributed by atoms with E-state index in [9.17, 15) is 4.79 Å². The largest absolute Gasteiger partial charge is 0.344 e. The van der Waals surface area contributed by atoms with Crippen LogP contribution in [-0.4, -0.2) is 11.3 Å². The fraction of sp³-hybridized carbons (Fsp3) is 0.750. The minimum atomic E-state index is -0.0370. The van der Waals surface area contributed by atoms with Crippen molar-refractivity contribution < 1.29 is 4.79 Å². The average Bonchev–Trinajstić information content (AvgIpc) is 1.63. The highest BCUT2D eigenvalue weighted by molar-refractivity contribution is 9.08. The molecule has 1 N–H and O–H groups in total. The molecule has 0 radical (unpaired) electrons. The van der Waals surface area contributed by atoms with Gasteiger partial charge in [0, 0.05) is 16.8 Å². The van der Waals surface area contributed by atoms with E-state index in [1.807, 2.05) is 13.8 Å². The van der Waals surface area contributed by atoms with E-state index < -0.39 is 0 Å². The van der Waals surface area contributed by atoms with Gasteiger partial charge in [-0.05, 0) is 23.7 Å². The van der Waals surface area contributed by atoms with Crippen molar-refractivity contribution in [3.63, 3.8) is 0 Å². The minimum absolute atomic E-state index is 0.0370. The van der Waals surface area contributed by atoms with Crippen LogP contribution in [0.3, 0.4) is 0 Å². The molecule has 0 heterocycles. The molecule has 54 valence electrons. The highest BCUT2D eigenvalue weighted by Crippen LogP contribution is 2.24. The lowest BCUT2D eigenvalue weighted by atomic mass is 10.4. The summed E-state index contributed by atoms with van der Waals surface area (Å²) >= 11 is 3.80. The number of carbonyl (C=O) groups is 1. The van der Waals surface area contributed by atoms with Gasteiger partial charge < -0.3 is 5.32 Å². The van der Waals surface area contributed by atoms with Gasteiger partial charge in [0.1, 0.15) is 0 Å². The fourth-order valence-electron chi connectivity index (χ4n) is 0.294. The predicted molar refractivity (Wildman–Crippen MR) is 47.8 cm³/mol. The van der Waals surface area contributed by atoms with Crippen molar-refractivity contribution in [1.29, 1.82) is 0 Å². The molecule has 0 unspecified atom stereocenters. The Morgan fingerprint density at radius 1 is 1.67 bits per heavy atom. The zero-order valence-corrected chi connectivity index (χ0v) is 7.78. The molecule has 0 aromatic rings. The molecule has 0 aliphatic heterocycles. The first-order valence-electron chi connectivity index (χ1n) is 2.45. The van der Waals surface area contributed by atoms with Gasteiger partial charge in [-0.25, -0.2) is 0 Å². The summed E-state index contributed by atoms with van der Waals surface area (Å²) in [5.41, 5.74) is 0. The molecular formula is C4H9NOS3. The van der Waals surface area contributed by atoms with Crippen molar-refractivity contribution in [2.75, 3.05) is 0 Å². The summed E-state index contributed by atoms with van der Waals surface area (Å²) in [4.78, 5) is 10.6. The highest BCUT2D eigenvalue weighted by Gasteiger charge is 2.01. The van der Waals surface area contributed by atoms with Crippen LogP contribution in [0, 0.1) is 0 Å². The molecule has 0 atom stereocenters. The Labute approximate surface area is 67.7 Å². The smallest absolute Gasteiger partial charge is 0.290 e. The molecule has 5 heteroatoms. The normalized spacial score (nSPS) is 9.78. The second-order valence-electron chi connectivity index (χ2n) is 1.74. The number of hydrogen-bond donors (Lipinski definition) is 2. The predicted octanol–water partition coefficient (Wildman–Crippen LogP) is 2.33. The number of rotatable bonds is 2. The van der Waals surface area contributed by atoms with Crippen LogP contribution >= 0.6 is 32.3 Å². The van der Waals surface area contributed by atoms with Gasteiger partial charge in [-0.1, -0.05) is 11.7 Å². The standard InChI is InChI=1S/C4H9NOS3/c1-3(2)5-4(6)8-9-7/h3,7H,1-2H3,(H,5,6). The maximum Gasteiger partial charge on any atom is 0.290 e. The van der Waals surface area contributed by atoms with E-state index in [1.54, 1.807) is 0 Å². The fourth-order valence-corrected chi connectivity index (χ4v) is 1.60. The molecule has 0 spiro atoms. The number of carbonyl (C=O) groups excluding carboxylic acids is 1. The van der Waals surface area contributed by atoms with Crippen LogP contribution in [-0.2, 0) is 0 Å². The molecule has 0 saturated heterocycles. The Balaban J connectivity index is 3.27. The first-order chi connectivity index (χ1) is 4.16. The van der Waals surface area contributed by atoms with E-state index in [1.165, 1.54) is 0 Å². The van der Waals surface area contributed by atoms with E-state index >= 15 is 0 Å². The van der Waals surface area contributed by atoms with Crippen LogP contribution in [0.1, 0.15) is 13.8 Å². The van der Waals surface area contributed by atoms with Crippen LogP contribution in [0.25, 0.3) is 0 Å². The second-order valence-corrected chi connectivity index (χ2v) is 4.72. The molecule has 0 aromatic heterocycles. The lowest BCUT2D eigenvalue weighted by Gasteiger charge is -2.04. The Morgan fingerprint density at radius 3 is 2.56 bits per heavy atom. The lowest BCUT2D eigenvalue weighted by Crippen LogP contribution is -2.25. The zero-order valence-electron chi connectivity index (χ0n) is 5.25. The van der Waals surface area contributed by atoms with Crippen molar-refractivity contribution in [3.05, 3.63) is 0 Å². The zero-order chi connectivity index (χ0) is 7.28. The average molecular weight is 183 g/mol. The number of hydrogen-bond acceptors (Lipinski definition) is 4. The lowest BCUT2D eigenvalue weighted by molar-refractivity contribution is 0.259. The number of amides is 1. The monoisotopic (exact) mass is 183 g/mol. The topological polar surface area (TPSA) is 29.1 Å². The van der Waals surface area contributed by atoms with E-state index in [0.29, 0.717) is 0 Å². The number of thiol groups is 1. The summed E-state index contributed by atoms with van der Waals surface area (Å²) in [6.07, 6.45) is 0. The molecule has 1 amide bonds. The van der Waals surface area contributed by atoms with Gasteiger partial charge in [-0.2, -0.15) is 0 Å². The Kier molecular flexibility index (Phi) is 5.62. The Hall–Kier alpha value is 0.520. The summed E-state index contributed by atoms with van der Waals surface area (Å²) in [5, 5.41) is 2.66. The summed E-state index contributed by atoms with van der Waals surface area (Å²) in [5.74, 6) is 0. The molecule has 0 saturated carbocycles. The molecule has 9 heavy (non-hydrogen) atoms. The first-order valence-corrected chi connectivity index (χ1v) is 5.65. The van der Waals surface area contributed by atoms with Crippen LogP contribution in [0.15, 0.2) is 0 Å². The third-order valence-electron chi connectivity index (χ3n) is 0.519. The van der Waals surface area contributed by atoms with Crippen LogP contribution in [0.4, 0.5) is 4.79 Å². The van der Waals surface area contributed by atoms with Crippen molar-refractivity contribution in [1.82, 2.24) is 5.32 Å². The van der Waals surface area contributed by atoms with E-state index in [4.69, 9.17) is 0 Å². The van der Waals surface area contributed by atoms with Crippen LogP contribution in [0.5, 0.6) is 0 Å². The van der Waals surface area contributed by atoms with Crippen LogP contribution < -0.4 is 5.32 Å². The molecule has 2 nitrogen and oxygen atoms in total. The summed E-state index contributed by atoms with van der Waals surface area (Å²) in [7, 11) is 2.24. The van der Waals surface area contributed by atoms with Gasteiger partial charge in [-0.3, -0.25) is 4.79 Å². The molecule has 0 rings (SSSR count). The quantitative estimate of drug-likeness (QED) is 0.508. The maximum atomic E-state index is 10.6. The summed E-state index contributed by atoms with van der Waals surface area (Å²) in [6, 6.07) is 0.213. The maximum absolute atomic E-state index is 10.6. The van der Waals surface area contributed by atoms with Gasteiger partial charge in [0.2, 0.25) is 0 Å². The van der Waals surface area contributed by atoms with Crippen molar-refractivity contribution in [3.8, 4) is 0 Å². The van der Waals surface area contributed by atoms with Crippen molar-refractivity contribution in [2.45, 2.75) is 19.9 Å². The van der Waals surface area contributed by atoms with Crippen molar-refractivity contribution in [2.24, 2.45) is 0 Å².